The van der Waals surface area contributed by atoms with Crippen molar-refractivity contribution < 1.29 is 14.7 Å². The first-order chi connectivity index (χ1) is 9.38. The molecule has 0 radical (unpaired) electrons. The standard InChI is InChI=1S/C15H18ClNO3/c1-10(2)9-13(15(19)20)17-14(18)8-5-11-3-6-12(16)7-4-11/h3-8,10,13H,9H2,1-2H3,(H,17,18)(H,19,20)/b8-5+/t13-/m0/s1. The van der Waals surface area contributed by atoms with Crippen molar-refractivity contribution in [1.82, 2.24) is 5.32 Å². The van der Waals surface area contributed by atoms with E-state index in [9.17, 15) is 9.59 Å². The van der Waals surface area contributed by atoms with Gasteiger partial charge in [-0.2, -0.15) is 0 Å². The Balaban J connectivity index is 2.61. The molecule has 1 aromatic rings. The Bertz CT molecular complexity index is 494. The highest BCUT2D eigenvalue weighted by Gasteiger charge is 2.19. The zero-order valence-corrected chi connectivity index (χ0v) is 12.2. The normalized spacial score (nSPS) is 12.6. The van der Waals surface area contributed by atoms with E-state index in [1.165, 1.54) is 6.08 Å². The molecule has 4 nitrogen and oxygen atoms in total. The van der Waals surface area contributed by atoms with E-state index in [2.05, 4.69) is 5.32 Å². The Morgan fingerprint density at radius 3 is 2.40 bits per heavy atom. The van der Waals surface area contributed by atoms with Crippen molar-refractivity contribution in [2.24, 2.45) is 5.92 Å². The van der Waals surface area contributed by atoms with Gasteiger partial charge < -0.3 is 10.4 Å². The number of amides is 1. The van der Waals surface area contributed by atoms with Crippen molar-refractivity contribution in [3.05, 3.63) is 40.9 Å². The van der Waals surface area contributed by atoms with Crippen LogP contribution in [0.3, 0.4) is 0 Å². The molecule has 0 heterocycles. The van der Waals surface area contributed by atoms with Crippen LogP contribution in [0.2, 0.25) is 5.02 Å². The fourth-order valence-electron chi connectivity index (χ4n) is 1.66. The van der Waals surface area contributed by atoms with Crippen molar-refractivity contribution in [3.63, 3.8) is 0 Å². The van der Waals surface area contributed by atoms with Gasteiger partial charge in [-0.3, -0.25) is 4.79 Å². The molecule has 0 fully saturated rings. The van der Waals surface area contributed by atoms with Crippen LogP contribution in [0, 0.1) is 5.92 Å². The largest absolute Gasteiger partial charge is 0.480 e. The molecular formula is C15H18ClNO3. The molecule has 0 aliphatic carbocycles. The number of halogens is 1. The molecule has 20 heavy (non-hydrogen) atoms. The van der Waals surface area contributed by atoms with Gasteiger partial charge in [-0.05, 0) is 36.1 Å². The molecule has 0 aromatic heterocycles. The molecule has 5 heteroatoms. The minimum absolute atomic E-state index is 0.191. The van der Waals surface area contributed by atoms with E-state index in [4.69, 9.17) is 16.7 Å². The number of hydrogen-bond acceptors (Lipinski definition) is 2. The molecule has 2 N–H and O–H groups in total. The highest BCUT2D eigenvalue weighted by atomic mass is 35.5. The van der Waals surface area contributed by atoms with Gasteiger partial charge in [0.05, 0.1) is 0 Å². The quantitative estimate of drug-likeness (QED) is 0.793. The van der Waals surface area contributed by atoms with E-state index in [0.717, 1.165) is 5.56 Å². The molecule has 1 rings (SSSR count). The number of nitrogens with one attached hydrogen (secondary N) is 1. The average Bonchev–Trinajstić information content (AvgIpc) is 2.36. The third-order valence-corrected chi connectivity index (χ3v) is 2.87. The monoisotopic (exact) mass is 295 g/mol. The van der Waals surface area contributed by atoms with Crippen LogP contribution in [0.15, 0.2) is 30.3 Å². The van der Waals surface area contributed by atoms with Crippen molar-refractivity contribution >= 4 is 29.6 Å². The van der Waals surface area contributed by atoms with E-state index in [1.807, 2.05) is 13.8 Å². The SMILES string of the molecule is CC(C)C[C@H](NC(=O)/C=C/c1ccc(Cl)cc1)C(=O)O. The minimum atomic E-state index is -1.02. The number of carbonyl (C=O) groups is 2. The summed E-state index contributed by atoms with van der Waals surface area (Å²) in [7, 11) is 0. The third-order valence-electron chi connectivity index (χ3n) is 2.62. The van der Waals surface area contributed by atoms with Crippen LogP contribution in [0.4, 0.5) is 0 Å². The lowest BCUT2D eigenvalue weighted by molar-refractivity contribution is -0.141. The number of aliphatic carboxylic acids is 1. The summed E-state index contributed by atoms with van der Waals surface area (Å²) in [5, 5.41) is 12.1. The number of carboxylic acid groups (broad SMARTS) is 1. The fraction of sp³-hybridized carbons (Fsp3) is 0.333. The maximum absolute atomic E-state index is 11.7. The van der Waals surface area contributed by atoms with Crippen LogP contribution >= 0.6 is 11.6 Å². The van der Waals surface area contributed by atoms with Crippen molar-refractivity contribution in [2.75, 3.05) is 0 Å². The minimum Gasteiger partial charge on any atom is -0.480 e. The van der Waals surface area contributed by atoms with Crippen LogP contribution in [0.1, 0.15) is 25.8 Å². The lowest BCUT2D eigenvalue weighted by atomic mass is 10.0. The molecule has 0 aliphatic heterocycles. The second kappa shape index (κ2) is 7.70. The number of carbonyl (C=O) groups excluding carboxylic acids is 1. The van der Waals surface area contributed by atoms with Crippen LogP contribution in [-0.2, 0) is 9.59 Å². The molecule has 1 amide bonds. The number of benzene rings is 1. The van der Waals surface area contributed by atoms with Crippen LogP contribution in [-0.4, -0.2) is 23.0 Å². The Morgan fingerprint density at radius 2 is 1.90 bits per heavy atom. The average molecular weight is 296 g/mol. The summed E-state index contributed by atoms with van der Waals surface area (Å²) in [6.45, 7) is 3.82. The summed E-state index contributed by atoms with van der Waals surface area (Å²) in [5.41, 5.74) is 0.820. The molecule has 0 aliphatic rings. The predicted octanol–water partition coefficient (Wildman–Crippen LogP) is 2.97. The first kappa shape index (κ1) is 16.2. The smallest absolute Gasteiger partial charge is 0.326 e. The summed E-state index contributed by atoms with van der Waals surface area (Å²) in [6, 6.07) is 6.12. The van der Waals surface area contributed by atoms with E-state index < -0.39 is 17.9 Å². The van der Waals surface area contributed by atoms with Crippen molar-refractivity contribution in [1.29, 1.82) is 0 Å². The number of rotatable bonds is 6. The van der Waals surface area contributed by atoms with Gasteiger partial charge in [0, 0.05) is 11.1 Å². The Morgan fingerprint density at radius 1 is 1.30 bits per heavy atom. The van der Waals surface area contributed by atoms with E-state index >= 15 is 0 Å². The molecule has 108 valence electrons. The van der Waals surface area contributed by atoms with Crippen molar-refractivity contribution in [3.8, 4) is 0 Å². The zero-order chi connectivity index (χ0) is 15.1. The van der Waals surface area contributed by atoms with Gasteiger partial charge in [0.25, 0.3) is 0 Å². The second-order valence-electron chi connectivity index (χ2n) is 4.91. The summed E-state index contributed by atoms with van der Waals surface area (Å²) in [4.78, 5) is 22.7. The molecular weight excluding hydrogens is 278 g/mol. The summed E-state index contributed by atoms with van der Waals surface area (Å²) >= 11 is 5.76. The highest BCUT2D eigenvalue weighted by Crippen LogP contribution is 2.10. The first-order valence-corrected chi connectivity index (χ1v) is 6.73. The molecule has 1 atom stereocenters. The summed E-state index contributed by atoms with van der Waals surface area (Å²) in [6.07, 6.45) is 3.33. The molecule has 0 unspecified atom stereocenters. The fourth-order valence-corrected chi connectivity index (χ4v) is 1.78. The van der Waals surface area contributed by atoms with Gasteiger partial charge in [-0.15, -0.1) is 0 Å². The first-order valence-electron chi connectivity index (χ1n) is 6.35. The molecule has 0 saturated carbocycles. The second-order valence-corrected chi connectivity index (χ2v) is 5.35. The third kappa shape index (κ3) is 5.89. The van der Waals surface area contributed by atoms with Crippen LogP contribution < -0.4 is 5.32 Å². The van der Waals surface area contributed by atoms with Gasteiger partial charge in [0.15, 0.2) is 0 Å². The zero-order valence-electron chi connectivity index (χ0n) is 11.5. The maximum Gasteiger partial charge on any atom is 0.326 e. The Kier molecular flexibility index (Phi) is 6.25. The van der Waals surface area contributed by atoms with E-state index in [0.29, 0.717) is 11.4 Å². The highest BCUT2D eigenvalue weighted by molar-refractivity contribution is 6.30. The van der Waals surface area contributed by atoms with E-state index in [-0.39, 0.29) is 5.92 Å². The summed E-state index contributed by atoms with van der Waals surface area (Å²) in [5.74, 6) is -1.25. The molecule has 0 saturated heterocycles. The van der Waals surface area contributed by atoms with Gasteiger partial charge in [-0.25, -0.2) is 4.79 Å². The Labute approximate surface area is 123 Å². The lowest BCUT2D eigenvalue weighted by Gasteiger charge is -2.15. The lowest BCUT2D eigenvalue weighted by Crippen LogP contribution is -2.40. The maximum atomic E-state index is 11.7. The predicted molar refractivity (Wildman–Crippen MR) is 79.5 cm³/mol. The topological polar surface area (TPSA) is 66.4 Å². The number of hydrogen-bond donors (Lipinski definition) is 2. The summed E-state index contributed by atoms with van der Waals surface area (Å²) < 4.78 is 0. The molecule has 1 aromatic carbocycles. The Hall–Kier alpha value is -1.81. The van der Waals surface area contributed by atoms with Crippen molar-refractivity contribution in [2.45, 2.75) is 26.3 Å². The molecule has 0 spiro atoms. The number of carboxylic acids is 1. The van der Waals surface area contributed by atoms with Gasteiger partial charge in [0.2, 0.25) is 5.91 Å². The van der Waals surface area contributed by atoms with Gasteiger partial charge in [0.1, 0.15) is 6.04 Å². The molecule has 0 bridgehead atoms. The van der Waals surface area contributed by atoms with E-state index in [1.54, 1.807) is 30.3 Å². The van der Waals surface area contributed by atoms with Crippen LogP contribution in [0.25, 0.3) is 6.08 Å². The van der Waals surface area contributed by atoms with Gasteiger partial charge in [-0.1, -0.05) is 37.6 Å². The van der Waals surface area contributed by atoms with Gasteiger partial charge >= 0.3 is 5.97 Å². The van der Waals surface area contributed by atoms with Crippen LogP contribution in [0.5, 0.6) is 0 Å².